The molecule has 0 fully saturated rings. The SMILES string of the molecule is Cc1nc(-c2c(N)cccc2F)n(C)n1. The molecule has 0 unspecified atom stereocenters. The van der Waals surface area contributed by atoms with Gasteiger partial charge in [0.05, 0.1) is 5.56 Å². The molecule has 5 heteroatoms. The second kappa shape index (κ2) is 3.34. The topological polar surface area (TPSA) is 56.7 Å². The predicted molar refractivity (Wildman–Crippen MR) is 55.5 cm³/mol. The number of nitrogens with two attached hydrogens (primary N) is 1. The van der Waals surface area contributed by atoms with E-state index in [1.165, 1.54) is 10.7 Å². The van der Waals surface area contributed by atoms with Gasteiger partial charge in [-0.25, -0.2) is 14.1 Å². The van der Waals surface area contributed by atoms with Crippen LogP contribution in [0.1, 0.15) is 5.82 Å². The van der Waals surface area contributed by atoms with Gasteiger partial charge in [-0.1, -0.05) is 6.07 Å². The summed E-state index contributed by atoms with van der Waals surface area (Å²) in [4.78, 5) is 4.13. The third kappa shape index (κ3) is 1.56. The van der Waals surface area contributed by atoms with Crippen molar-refractivity contribution in [3.8, 4) is 11.4 Å². The van der Waals surface area contributed by atoms with Crippen LogP contribution in [0.15, 0.2) is 18.2 Å². The Morgan fingerprint density at radius 2 is 2.13 bits per heavy atom. The first-order chi connectivity index (χ1) is 7.09. The van der Waals surface area contributed by atoms with Crippen LogP contribution in [-0.2, 0) is 7.05 Å². The number of aromatic nitrogens is 3. The maximum absolute atomic E-state index is 13.6. The third-order valence-corrected chi connectivity index (χ3v) is 2.14. The monoisotopic (exact) mass is 206 g/mol. The minimum absolute atomic E-state index is 0.306. The van der Waals surface area contributed by atoms with E-state index in [0.29, 0.717) is 22.9 Å². The van der Waals surface area contributed by atoms with Crippen molar-refractivity contribution in [1.82, 2.24) is 14.8 Å². The molecule has 0 saturated heterocycles. The zero-order valence-electron chi connectivity index (χ0n) is 8.53. The van der Waals surface area contributed by atoms with Gasteiger partial charge in [0.25, 0.3) is 0 Å². The predicted octanol–water partition coefficient (Wildman–Crippen LogP) is 1.51. The average Bonchev–Trinajstić information content (AvgIpc) is 2.45. The summed E-state index contributed by atoms with van der Waals surface area (Å²) < 4.78 is 15.1. The second-order valence-corrected chi connectivity index (χ2v) is 3.31. The van der Waals surface area contributed by atoms with E-state index >= 15 is 0 Å². The molecular formula is C10H11FN4. The molecule has 0 atom stereocenters. The highest BCUT2D eigenvalue weighted by molar-refractivity contribution is 5.72. The molecule has 0 aliphatic heterocycles. The molecule has 15 heavy (non-hydrogen) atoms. The number of hydrogen-bond acceptors (Lipinski definition) is 3. The summed E-state index contributed by atoms with van der Waals surface area (Å²) in [5.41, 5.74) is 6.38. The molecule has 1 aromatic heterocycles. The molecule has 2 aromatic rings. The van der Waals surface area contributed by atoms with E-state index in [9.17, 15) is 4.39 Å². The van der Waals surface area contributed by atoms with Gasteiger partial charge in [0, 0.05) is 12.7 Å². The highest BCUT2D eigenvalue weighted by atomic mass is 19.1. The van der Waals surface area contributed by atoms with Crippen LogP contribution in [0.3, 0.4) is 0 Å². The summed E-state index contributed by atoms with van der Waals surface area (Å²) in [7, 11) is 1.71. The normalized spacial score (nSPS) is 10.6. The number of benzene rings is 1. The summed E-state index contributed by atoms with van der Waals surface area (Å²) >= 11 is 0. The van der Waals surface area contributed by atoms with E-state index in [2.05, 4.69) is 10.1 Å². The molecule has 0 radical (unpaired) electrons. The fraction of sp³-hybridized carbons (Fsp3) is 0.200. The molecule has 0 spiro atoms. The first kappa shape index (κ1) is 9.64. The number of hydrogen-bond donors (Lipinski definition) is 1. The maximum Gasteiger partial charge on any atom is 0.163 e. The number of halogens is 1. The van der Waals surface area contributed by atoms with E-state index < -0.39 is 0 Å². The van der Waals surface area contributed by atoms with Gasteiger partial charge < -0.3 is 5.73 Å². The van der Waals surface area contributed by atoms with Gasteiger partial charge in [0.1, 0.15) is 11.6 Å². The Balaban J connectivity index is 2.68. The Kier molecular flexibility index (Phi) is 2.15. The van der Waals surface area contributed by atoms with Crippen LogP contribution in [0, 0.1) is 12.7 Å². The summed E-state index contributed by atoms with van der Waals surface area (Å²) in [6, 6.07) is 4.57. The Morgan fingerprint density at radius 3 is 2.67 bits per heavy atom. The first-order valence-corrected chi connectivity index (χ1v) is 4.51. The number of rotatable bonds is 1. The standard InChI is InChI=1S/C10H11FN4/c1-6-13-10(15(2)14-6)9-7(11)4-3-5-8(9)12/h3-5H,12H2,1-2H3. The summed E-state index contributed by atoms with van der Waals surface area (Å²) in [6.45, 7) is 1.75. The molecular weight excluding hydrogens is 195 g/mol. The van der Waals surface area contributed by atoms with Gasteiger partial charge in [0.15, 0.2) is 5.82 Å². The molecule has 0 saturated carbocycles. The van der Waals surface area contributed by atoms with Crippen molar-refractivity contribution in [3.63, 3.8) is 0 Å². The number of nitrogens with zero attached hydrogens (tertiary/aromatic N) is 3. The van der Waals surface area contributed by atoms with Crippen LogP contribution < -0.4 is 5.73 Å². The highest BCUT2D eigenvalue weighted by Crippen LogP contribution is 2.26. The van der Waals surface area contributed by atoms with Crippen molar-refractivity contribution < 1.29 is 4.39 Å². The minimum atomic E-state index is -0.384. The van der Waals surface area contributed by atoms with E-state index in [4.69, 9.17) is 5.73 Å². The highest BCUT2D eigenvalue weighted by Gasteiger charge is 2.14. The van der Waals surface area contributed by atoms with Crippen molar-refractivity contribution in [1.29, 1.82) is 0 Å². The summed E-state index contributed by atoms with van der Waals surface area (Å²) in [5, 5.41) is 4.05. The number of aryl methyl sites for hydroxylation is 2. The fourth-order valence-corrected chi connectivity index (χ4v) is 1.51. The zero-order chi connectivity index (χ0) is 11.0. The molecule has 1 heterocycles. The molecule has 0 aliphatic rings. The van der Waals surface area contributed by atoms with Gasteiger partial charge in [-0.3, -0.25) is 0 Å². The lowest BCUT2D eigenvalue weighted by Crippen LogP contribution is -2.00. The average molecular weight is 206 g/mol. The van der Waals surface area contributed by atoms with Gasteiger partial charge in [-0.15, -0.1) is 0 Å². The van der Waals surface area contributed by atoms with Gasteiger partial charge in [-0.2, -0.15) is 5.10 Å². The third-order valence-electron chi connectivity index (χ3n) is 2.14. The van der Waals surface area contributed by atoms with E-state index in [1.54, 1.807) is 26.1 Å². The van der Waals surface area contributed by atoms with Crippen LogP contribution in [-0.4, -0.2) is 14.8 Å². The summed E-state index contributed by atoms with van der Waals surface area (Å²) in [6.07, 6.45) is 0. The van der Waals surface area contributed by atoms with Crippen molar-refractivity contribution in [2.75, 3.05) is 5.73 Å². The molecule has 4 nitrogen and oxygen atoms in total. The Bertz CT molecular complexity index is 484. The largest absolute Gasteiger partial charge is 0.398 e. The lowest BCUT2D eigenvalue weighted by atomic mass is 10.1. The Labute approximate surface area is 86.6 Å². The maximum atomic E-state index is 13.6. The van der Waals surface area contributed by atoms with Gasteiger partial charge >= 0.3 is 0 Å². The number of anilines is 1. The van der Waals surface area contributed by atoms with Crippen LogP contribution in [0.2, 0.25) is 0 Å². The van der Waals surface area contributed by atoms with Gasteiger partial charge in [-0.05, 0) is 19.1 Å². The smallest absolute Gasteiger partial charge is 0.163 e. The molecule has 0 aliphatic carbocycles. The van der Waals surface area contributed by atoms with Crippen molar-refractivity contribution in [2.24, 2.45) is 7.05 Å². The molecule has 0 bridgehead atoms. The lowest BCUT2D eigenvalue weighted by Gasteiger charge is -2.05. The fourth-order valence-electron chi connectivity index (χ4n) is 1.51. The van der Waals surface area contributed by atoms with E-state index in [-0.39, 0.29) is 5.82 Å². The number of nitrogen functional groups attached to an aromatic ring is 1. The van der Waals surface area contributed by atoms with Crippen molar-refractivity contribution in [3.05, 3.63) is 29.8 Å². The minimum Gasteiger partial charge on any atom is -0.398 e. The first-order valence-electron chi connectivity index (χ1n) is 4.51. The van der Waals surface area contributed by atoms with Gasteiger partial charge in [0.2, 0.25) is 0 Å². The van der Waals surface area contributed by atoms with Crippen LogP contribution in [0.25, 0.3) is 11.4 Å². The van der Waals surface area contributed by atoms with Crippen molar-refractivity contribution >= 4 is 5.69 Å². The van der Waals surface area contributed by atoms with Crippen LogP contribution in [0.5, 0.6) is 0 Å². The van der Waals surface area contributed by atoms with Crippen LogP contribution >= 0.6 is 0 Å². The Morgan fingerprint density at radius 1 is 1.40 bits per heavy atom. The quantitative estimate of drug-likeness (QED) is 0.719. The Hall–Kier alpha value is -1.91. The van der Waals surface area contributed by atoms with E-state index in [0.717, 1.165) is 0 Å². The summed E-state index contributed by atoms with van der Waals surface area (Å²) in [5.74, 6) is 0.656. The molecule has 0 amide bonds. The van der Waals surface area contributed by atoms with Crippen LogP contribution in [0.4, 0.5) is 10.1 Å². The molecule has 1 aromatic carbocycles. The van der Waals surface area contributed by atoms with E-state index in [1.807, 2.05) is 0 Å². The molecule has 2 rings (SSSR count). The zero-order valence-corrected chi connectivity index (χ0v) is 8.53. The second-order valence-electron chi connectivity index (χ2n) is 3.31. The molecule has 2 N–H and O–H groups in total. The van der Waals surface area contributed by atoms with Crippen molar-refractivity contribution in [2.45, 2.75) is 6.92 Å². The molecule has 78 valence electrons. The lowest BCUT2D eigenvalue weighted by molar-refractivity contribution is 0.628.